The molecule has 2 aromatic carbocycles. The van der Waals surface area contributed by atoms with Crippen LogP contribution in [0, 0.1) is 5.92 Å². The molecule has 0 saturated carbocycles. The lowest BCUT2D eigenvalue weighted by atomic mass is 9.97. The number of sulfonamides is 1. The van der Waals surface area contributed by atoms with Crippen LogP contribution in [0.15, 0.2) is 79.1 Å². The molecular weight excluding hydrogens is 464 g/mol. The molecule has 1 aliphatic rings. The van der Waals surface area contributed by atoms with Gasteiger partial charge in [-0.1, -0.05) is 48.5 Å². The number of nitrogens with one attached hydrogen (secondary N) is 2. The monoisotopic (exact) mass is 492 g/mol. The zero-order valence-electron chi connectivity index (χ0n) is 19.3. The lowest BCUT2D eigenvalue weighted by molar-refractivity contribution is -0.120. The van der Waals surface area contributed by atoms with Crippen molar-refractivity contribution < 1.29 is 18.0 Å². The molecule has 1 aliphatic heterocycles. The average molecular weight is 493 g/mol. The van der Waals surface area contributed by atoms with Crippen LogP contribution in [0.2, 0.25) is 0 Å². The van der Waals surface area contributed by atoms with Crippen molar-refractivity contribution in [1.82, 2.24) is 14.6 Å². The minimum atomic E-state index is -3.45. The first-order valence-electron chi connectivity index (χ1n) is 11.5. The zero-order chi connectivity index (χ0) is 24.7. The van der Waals surface area contributed by atoms with Gasteiger partial charge < -0.3 is 10.6 Å². The van der Waals surface area contributed by atoms with Crippen LogP contribution in [0.5, 0.6) is 0 Å². The maximum absolute atomic E-state index is 13.0. The summed E-state index contributed by atoms with van der Waals surface area (Å²) < 4.78 is 27.0. The molecule has 0 bridgehead atoms. The van der Waals surface area contributed by atoms with Gasteiger partial charge in [0.15, 0.2) is 0 Å². The summed E-state index contributed by atoms with van der Waals surface area (Å²) in [6, 6.07) is 19.6. The molecule has 9 heteroatoms. The predicted octanol–water partition coefficient (Wildman–Crippen LogP) is 3.19. The number of carbonyl (C=O) groups excluding carboxylic acids is 2. The maximum atomic E-state index is 13.0. The van der Waals surface area contributed by atoms with Crippen molar-refractivity contribution in [2.24, 2.45) is 5.92 Å². The Labute approximate surface area is 205 Å². The summed E-state index contributed by atoms with van der Waals surface area (Å²) in [5, 5.41) is 5.72. The van der Waals surface area contributed by atoms with Crippen molar-refractivity contribution in [2.75, 3.05) is 18.4 Å². The summed E-state index contributed by atoms with van der Waals surface area (Å²) in [6.45, 7) is 0.909. The fourth-order valence-electron chi connectivity index (χ4n) is 4.08. The number of amides is 2. The molecule has 2 N–H and O–H groups in total. The number of pyridine rings is 1. The lowest BCUT2D eigenvalue weighted by Crippen LogP contribution is -2.42. The minimum Gasteiger partial charge on any atom is -0.348 e. The van der Waals surface area contributed by atoms with Crippen LogP contribution in [0.3, 0.4) is 0 Å². The van der Waals surface area contributed by atoms with E-state index in [1.807, 2.05) is 24.3 Å². The molecule has 2 heterocycles. The number of para-hydroxylation sites is 1. The number of hydrogen-bond donors (Lipinski definition) is 2. The highest BCUT2D eigenvalue weighted by Gasteiger charge is 2.31. The molecule has 8 nitrogen and oxygen atoms in total. The van der Waals surface area contributed by atoms with Crippen LogP contribution in [-0.2, 0) is 27.1 Å². The third-order valence-corrected chi connectivity index (χ3v) is 7.87. The van der Waals surface area contributed by atoms with E-state index in [2.05, 4.69) is 15.6 Å². The number of piperidine rings is 1. The second-order valence-electron chi connectivity index (χ2n) is 8.49. The predicted molar refractivity (Wildman–Crippen MR) is 134 cm³/mol. The van der Waals surface area contributed by atoms with Crippen LogP contribution in [0.25, 0.3) is 0 Å². The van der Waals surface area contributed by atoms with E-state index in [4.69, 9.17) is 0 Å². The number of rotatable bonds is 8. The molecule has 2 amide bonds. The summed E-state index contributed by atoms with van der Waals surface area (Å²) in [5.74, 6) is -0.888. The molecule has 0 unspecified atom stereocenters. The number of hydrogen-bond acceptors (Lipinski definition) is 5. The highest BCUT2D eigenvalue weighted by molar-refractivity contribution is 7.88. The van der Waals surface area contributed by atoms with Gasteiger partial charge in [-0.3, -0.25) is 14.6 Å². The molecule has 0 radical (unpaired) electrons. The van der Waals surface area contributed by atoms with E-state index in [1.165, 1.54) is 4.31 Å². The fourth-order valence-corrected chi connectivity index (χ4v) is 5.64. The summed E-state index contributed by atoms with van der Waals surface area (Å²) >= 11 is 0. The number of anilines is 1. The smallest absolute Gasteiger partial charge is 0.253 e. The van der Waals surface area contributed by atoms with E-state index in [1.54, 1.807) is 54.9 Å². The van der Waals surface area contributed by atoms with Crippen LogP contribution < -0.4 is 10.6 Å². The van der Waals surface area contributed by atoms with E-state index in [-0.39, 0.29) is 23.5 Å². The molecule has 0 atom stereocenters. The zero-order valence-corrected chi connectivity index (χ0v) is 20.1. The van der Waals surface area contributed by atoms with Crippen molar-refractivity contribution in [1.29, 1.82) is 0 Å². The van der Waals surface area contributed by atoms with Gasteiger partial charge in [0.05, 0.1) is 17.0 Å². The van der Waals surface area contributed by atoms with Gasteiger partial charge in [-0.15, -0.1) is 0 Å². The highest BCUT2D eigenvalue weighted by Crippen LogP contribution is 2.24. The topological polar surface area (TPSA) is 108 Å². The van der Waals surface area contributed by atoms with Crippen LogP contribution in [-0.4, -0.2) is 42.6 Å². The Morgan fingerprint density at radius 3 is 2.31 bits per heavy atom. The number of nitrogens with zero attached hydrogens (tertiary/aromatic N) is 2. The van der Waals surface area contributed by atoms with Gasteiger partial charge in [0.1, 0.15) is 0 Å². The molecule has 182 valence electrons. The van der Waals surface area contributed by atoms with Crippen LogP contribution >= 0.6 is 0 Å². The second kappa shape index (κ2) is 11.2. The van der Waals surface area contributed by atoms with Crippen LogP contribution in [0.1, 0.15) is 34.3 Å². The highest BCUT2D eigenvalue weighted by atomic mass is 32.2. The summed E-state index contributed by atoms with van der Waals surface area (Å²) in [4.78, 5) is 29.7. The molecule has 3 aromatic rings. The summed E-state index contributed by atoms with van der Waals surface area (Å²) in [6.07, 6.45) is 4.20. The third kappa shape index (κ3) is 6.52. The Morgan fingerprint density at radius 2 is 1.60 bits per heavy atom. The van der Waals surface area contributed by atoms with Gasteiger partial charge in [0.2, 0.25) is 15.9 Å². The number of benzene rings is 2. The molecule has 0 aliphatic carbocycles. The van der Waals surface area contributed by atoms with Crippen molar-refractivity contribution in [2.45, 2.75) is 25.1 Å². The van der Waals surface area contributed by atoms with Crippen LogP contribution in [0.4, 0.5) is 5.69 Å². The van der Waals surface area contributed by atoms with E-state index in [0.717, 1.165) is 11.1 Å². The largest absolute Gasteiger partial charge is 0.348 e. The van der Waals surface area contributed by atoms with Crippen molar-refractivity contribution in [3.05, 3.63) is 95.8 Å². The normalized spacial score (nSPS) is 14.9. The van der Waals surface area contributed by atoms with E-state index >= 15 is 0 Å². The Kier molecular flexibility index (Phi) is 7.89. The Hall–Kier alpha value is -3.56. The first kappa shape index (κ1) is 24.6. The molecule has 1 fully saturated rings. The SMILES string of the molecule is O=C(NCc1cccnc1)c1ccccc1NC(=O)C1CCN(S(=O)(=O)Cc2ccccc2)CC1. The summed E-state index contributed by atoms with van der Waals surface area (Å²) in [5.41, 5.74) is 2.41. The Morgan fingerprint density at radius 1 is 0.914 bits per heavy atom. The molecule has 1 saturated heterocycles. The summed E-state index contributed by atoms with van der Waals surface area (Å²) in [7, 11) is -3.45. The standard InChI is InChI=1S/C26H28N4O4S/c31-25(22-12-15-30(16-13-22)35(33,34)19-20-7-2-1-3-8-20)29-24-11-5-4-10-23(24)26(32)28-18-21-9-6-14-27-17-21/h1-11,14,17,22H,12-13,15-16,18-19H2,(H,28,32)(H,29,31). The van der Waals surface area contributed by atoms with E-state index in [9.17, 15) is 18.0 Å². The Balaban J connectivity index is 1.33. The third-order valence-electron chi connectivity index (χ3n) is 6.02. The molecular formula is C26H28N4O4S. The lowest BCUT2D eigenvalue weighted by Gasteiger charge is -2.30. The van der Waals surface area contributed by atoms with Gasteiger partial charge in [0.25, 0.3) is 5.91 Å². The quantitative estimate of drug-likeness (QED) is 0.502. The van der Waals surface area contributed by atoms with Crippen molar-refractivity contribution in [3.8, 4) is 0 Å². The van der Waals surface area contributed by atoms with Gasteiger partial charge in [-0.2, -0.15) is 0 Å². The molecule has 35 heavy (non-hydrogen) atoms. The van der Waals surface area contributed by atoms with Crippen molar-refractivity contribution in [3.63, 3.8) is 0 Å². The first-order chi connectivity index (χ1) is 16.9. The molecule has 4 rings (SSSR count). The Bertz CT molecular complexity index is 1260. The minimum absolute atomic E-state index is 0.0494. The average Bonchev–Trinajstić information content (AvgIpc) is 2.88. The van der Waals surface area contributed by atoms with Crippen molar-refractivity contribution >= 4 is 27.5 Å². The van der Waals surface area contributed by atoms with E-state index < -0.39 is 10.0 Å². The number of carbonyl (C=O) groups is 2. The first-order valence-corrected chi connectivity index (χ1v) is 13.1. The van der Waals surface area contributed by atoms with Gasteiger partial charge >= 0.3 is 0 Å². The van der Waals surface area contributed by atoms with Gasteiger partial charge in [0, 0.05) is 37.9 Å². The van der Waals surface area contributed by atoms with Gasteiger partial charge in [-0.05, 0) is 42.2 Å². The second-order valence-corrected chi connectivity index (χ2v) is 10.5. The maximum Gasteiger partial charge on any atom is 0.253 e. The molecule has 1 aromatic heterocycles. The number of aromatic nitrogens is 1. The van der Waals surface area contributed by atoms with E-state index in [0.29, 0.717) is 43.7 Å². The molecule has 0 spiro atoms. The fraction of sp³-hybridized carbons (Fsp3) is 0.269. The van der Waals surface area contributed by atoms with Gasteiger partial charge in [-0.25, -0.2) is 12.7 Å².